The molecular formula is C17H24N6O. The van der Waals surface area contributed by atoms with Gasteiger partial charge in [0.25, 0.3) is 0 Å². The Morgan fingerprint density at radius 1 is 1.25 bits per heavy atom. The van der Waals surface area contributed by atoms with Crippen molar-refractivity contribution in [2.45, 2.75) is 40.0 Å². The number of nitrogens with zero attached hydrogens (tertiary/aromatic N) is 6. The van der Waals surface area contributed by atoms with Gasteiger partial charge in [0.15, 0.2) is 0 Å². The first kappa shape index (κ1) is 15.4. The predicted octanol–water partition coefficient (Wildman–Crippen LogP) is 1.58. The number of aryl methyl sites for hydroxylation is 1. The summed E-state index contributed by atoms with van der Waals surface area (Å²) in [6, 6.07) is 0. The van der Waals surface area contributed by atoms with Crippen LogP contribution in [-0.4, -0.2) is 56.8 Å². The van der Waals surface area contributed by atoms with Gasteiger partial charge in [-0.3, -0.25) is 4.79 Å². The fourth-order valence-corrected chi connectivity index (χ4v) is 4.23. The highest BCUT2D eigenvalue weighted by Gasteiger charge is 2.50. The highest BCUT2D eigenvalue weighted by Crippen LogP contribution is 2.43. The molecule has 1 unspecified atom stereocenters. The zero-order chi connectivity index (χ0) is 16.9. The topological polar surface area (TPSA) is 66.6 Å². The first-order valence-electron chi connectivity index (χ1n) is 8.77. The van der Waals surface area contributed by atoms with E-state index in [9.17, 15) is 4.79 Å². The number of hydrogen-bond acceptors (Lipinski definition) is 5. The fourth-order valence-electron chi connectivity index (χ4n) is 4.23. The molecular weight excluding hydrogens is 304 g/mol. The molecule has 1 atom stereocenters. The molecule has 7 nitrogen and oxygen atoms in total. The summed E-state index contributed by atoms with van der Waals surface area (Å²) in [5, 5.41) is 12.8. The van der Waals surface area contributed by atoms with Gasteiger partial charge in [0.2, 0.25) is 11.6 Å². The Morgan fingerprint density at radius 3 is 2.83 bits per heavy atom. The number of fused-ring (bicyclic) bond motifs is 1. The molecule has 2 aromatic rings. The molecule has 1 spiro atoms. The van der Waals surface area contributed by atoms with E-state index in [2.05, 4.69) is 34.0 Å². The van der Waals surface area contributed by atoms with Crippen molar-refractivity contribution >= 4 is 17.2 Å². The molecule has 2 aliphatic heterocycles. The van der Waals surface area contributed by atoms with E-state index in [0.29, 0.717) is 5.91 Å². The maximum atomic E-state index is 12.9. The number of carbonyl (C=O) groups excluding carboxylic acids is 1. The van der Waals surface area contributed by atoms with Crippen molar-refractivity contribution in [2.24, 2.45) is 5.41 Å². The van der Waals surface area contributed by atoms with Crippen molar-refractivity contribution in [3.8, 4) is 0 Å². The lowest BCUT2D eigenvalue weighted by Crippen LogP contribution is -2.37. The van der Waals surface area contributed by atoms with Crippen LogP contribution >= 0.6 is 0 Å². The van der Waals surface area contributed by atoms with Crippen LogP contribution in [0.5, 0.6) is 0 Å². The van der Waals surface area contributed by atoms with Crippen molar-refractivity contribution < 1.29 is 4.79 Å². The Morgan fingerprint density at radius 2 is 2.04 bits per heavy atom. The van der Waals surface area contributed by atoms with Crippen molar-refractivity contribution in [2.75, 3.05) is 31.1 Å². The van der Waals surface area contributed by atoms with Gasteiger partial charge < -0.3 is 9.80 Å². The molecule has 2 aromatic heterocycles. The van der Waals surface area contributed by atoms with Gasteiger partial charge in [0.05, 0.1) is 16.8 Å². The van der Waals surface area contributed by atoms with Gasteiger partial charge in [-0.15, -0.1) is 10.2 Å². The summed E-state index contributed by atoms with van der Waals surface area (Å²) in [7, 11) is 0. The van der Waals surface area contributed by atoms with E-state index in [-0.39, 0.29) is 5.41 Å². The van der Waals surface area contributed by atoms with Crippen molar-refractivity contribution in [1.29, 1.82) is 0 Å². The van der Waals surface area contributed by atoms with Crippen LogP contribution in [0.2, 0.25) is 0 Å². The molecule has 2 saturated heterocycles. The van der Waals surface area contributed by atoms with E-state index in [1.807, 2.05) is 11.8 Å². The Bertz CT molecular complexity index is 800. The third-order valence-corrected chi connectivity index (χ3v) is 5.66. The van der Waals surface area contributed by atoms with E-state index in [1.54, 1.807) is 10.8 Å². The molecule has 0 aliphatic carbocycles. The Hall–Kier alpha value is -2.18. The number of anilines is 1. The summed E-state index contributed by atoms with van der Waals surface area (Å²) < 4.78 is 1.74. The van der Waals surface area contributed by atoms with Crippen LogP contribution in [0.1, 0.15) is 37.4 Å². The normalized spacial score (nSPS) is 24.0. The molecule has 0 saturated carbocycles. The van der Waals surface area contributed by atoms with Gasteiger partial charge in [-0.1, -0.05) is 6.92 Å². The van der Waals surface area contributed by atoms with Crippen LogP contribution in [-0.2, 0) is 4.79 Å². The molecule has 4 rings (SSSR count). The van der Waals surface area contributed by atoms with Gasteiger partial charge in [-0.2, -0.15) is 9.61 Å². The highest BCUT2D eigenvalue weighted by molar-refractivity contribution is 5.87. The first-order valence-corrected chi connectivity index (χ1v) is 8.77. The summed E-state index contributed by atoms with van der Waals surface area (Å²) in [6.45, 7) is 9.66. The summed E-state index contributed by atoms with van der Waals surface area (Å²) in [5.41, 5.74) is 3.76. The lowest BCUT2D eigenvalue weighted by Gasteiger charge is -2.25. The average molecular weight is 328 g/mol. The van der Waals surface area contributed by atoms with Gasteiger partial charge >= 0.3 is 0 Å². The third kappa shape index (κ3) is 2.10. The quantitative estimate of drug-likeness (QED) is 0.856. The molecule has 0 N–H and O–H groups in total. The molecule has 4 heterocycles. The third-order valence-electron chi connectivity index (χ3n) is 5.66. The number of aromatic nitrogens is 4. The second-order valence-corrected chi connectivity index (χ2v) is 7.15. The van der Waals surface area contributed by atoms with Crippen molar-refractivity contribution in [1.82, 2.24) is 24.7 Å². The largest absolute Gasteiger partial charge is 0.367 e. The predicted molar refractivity (Wildman–Crippen MR) is 91.0 cm³/mol. The lowest BCUT2D eigenvalue weighted by molar-refractivity contribution is -0.135. The van der Waals surface area contributed by atoms with Gasteiger partial charge in [0.1, 0.15) is 6.33 Å². The molecule has 2 fully saturated rings. The van der Waals surface area contributed by atoms with Crippen LogP contribution in [0.15, 0.2) is 6.33 Å². The molecule has 0 radical (unpaired) electrons. The molecule has 7 heteroatoms. The number of hydrogen-bond donors (Lipinski definition) is 0. The summed E-state index contributed by atoms with van der Waals surface area (Å²) in [5.74, 6) is 0.341. The zero-order valence-electron chi connectivity index (χ0n) is 14.6. The minimum Gasteiger partial charge on any atom is -0.367 e. The fraction of sp³-hybridized carbons (Fsp3) is 0.647. The SMILES string of the molecule is CCCN1CCC2(CCN(c3c(C)c(C)nn4cnnc34)C2)C1=O. The van der Waals surface area contributed by atoms with Crippen LogP contribution < -0.4 is 4.90 Å². The van der Waals surface area contributed by atoms with Gasteiger partial charge in [-0.25, -0.2) is 0 Å². The van der Waals surface area contributed by atoms with Crippen LogP contribution in [0.4, 0.5) is 5.69 Å². The minimum absolute atomic E-state index is 0.213. The number of carbonyl (C=O) groups is 1. The number of rotatable bonds is 3. The van der Waals surface area contributed by atoms with E-state index < -0.39 is 0 Å². The minimum atomic E-state index is -0.213. The second-order valence-electron chi connectivity index (χ2n) is 7.15. The van der Waals surface area contributed by atoms with Gasteiger partial charge in [-0.05, 0) is 38.7 Å². The maximum Gasteiger partial charge on any atom is 0.230 e. The van der Waals surface area contributed by atoms with E-state index >= 15 is 0 Å². The van der Waals surface area contributed by atoms with E-state index in [0.717, 1.165) is 68.0 Å². The maximum absolute atomic E-state index is 12.9. The Kier molecular flexibility index (Phi) is 3.47. The monoisotopic (exact) mass is 328 g/mol. The van der Waals surface area contributed by atoms with Gasteiger partial charge in [0, 0.05) is 26.2 Å². The summed E-state index contributed by atoms with van der Waals surface area (Å²) in [6.07, 6.45) is 4.55. The molecule has 0 aromatic carbocycles. The first-order chi connectivity index (χ1) is 11.6. The standard InChI is InChI=1S/C17H24N6O/c1-4-7-21-8-5-17(16(21)24)6-9-22(10-17)14-12(2)13(3)20-23-11-18-19-15(14)23/h11H,4-10H2,1-3H3. The Balaban J connectivity index is 1.68. The molecule has 0 bridgehead atoms. The van der Waals surface area contributed by atoms with Crippen LogP contribution in [0, 0.1) is 19.3 Å². The zero-order valence-corrected chi connectivity index (χ0v) is 14.6. The van der Waals surface area contributed by atoms with Crippen LogP contribution in [0.25, 0.3) is 5.65 Å². The Labute approximate surface area is 141 Å². The van der Waals surface area contributed by atoms with E-state index in [1.165, 1.54) is 0 Å². The lowest BCUT2D eigenvalue weighted by atomic mass is 9.85. The number of amides is 1. The number of likely N-dealkylation sites (tertiary alicyclic amines) is 1. The molecule has 1 amide bonds. The summed E-state index contributed by atoms with van der Waals surface area (Å²) in [4.78, 5) is 17.3. The smallest absolute Gasteiger partial charge is 0.230 e. The van der Waals surface area contributed by atoms with E-state index in [4.69, 9.17) is 0 Å². The molecule has 24 heavy (non-hydrogen) atoms. The second kappa shape index (κ2) is 5.43. The molecule has 2 aliphatic rings. The summed E-state index contributed by atoms with van der Waals surface area (Å²) >= 11 is 0. The van der Waals surface area contributed by atoms with Crippen molar-refractivity contribution in [3.05, 3.63) is 17.6 Å². The highest BCUT2D eigenvalue weighted by atomic mass is 16.2. The van der Waals surface area contributed by atoms with Crippen LogP contribution in [0.3, 0.4) is 0 Å². The average Bonchev–Trinajstić information content (AvgIpc) is 3.26. The van der Waals surface area contributed by atoms with Crippen molar-refractivity contribution in [3.63, 3.8) is 0 Å². The molecule has 128 valence electrons.